The molecule has 37 heavy (non-hydrogen) atoms. The summed E-state index contributed by atoms with van der Waals surface area (Å²) in [6, 6.07) is 20.5. The van der Waals surface area contributed by atoms with E-state index < -0.39 is 5.97 Å². The van der Waals surface area contributed by atoms with Gasteiger partial charge in [0.15, 0.2) is 0 Å². The van der Waals surface area contributed by atoms with Crippen LogP contribution < -0.4 is 14.2 Å². The predicted molar refractivity (Wildman–Crippen MR) is 140 cm³/mol. The molecule has 8 heteroatoms. The molecule has 0 spiro atoms. The Labute approximate surface area is 213 Å². The zero-order valence-corrected chi connectivity index (χ0v) is 20.2. The molecular formula is C29H25N3O5. The number of ether oxygens (including phenoxy) is 3. The van der Waals surface area contributed by atoms with Gasteiger partial charge in [0.05, 0.1) is 30.6 Å². The fourth-order valence-electron chi connectivity index (χ4n) is 4.11. The zero-order chi connectivity index (χ0) is 25.6. The number of aromatic carboxylic acids is 1. The standard InChI is InChI=1S/C29H25N3O5/c1-2-35-23-6-3-5-20(17-23)27-25-12-14-32(28(25)26(19-31-27)29(33)34)15-16-36-21-8-10-22(11-9-21)37-24-7-4-13-30-18-24/h3-14,17-19H,2,15-16H2,1H3,(H,33,34). The molecule has 2 aromatic carbocycles. The summed E-state index contributed by atoms with van der Waals surface area (Å²) in [4.78, 5) is 20.5. The van der Waals surface area contributed by atoms with Gasteiger partial charge in [-0.15, -0.1) is 0 Å². The molecule has 3 heterocycles. The quantitative estimate of drug-likeness (QED) is 0.251. The van der Waals surface area contributed by atoms with E-state index in [1.54, 1.807) is 12.4 Å². The van der Waals surface area contributed by atoms with Crippen LogP contribution in [0.2, 0.25) is 0 Å². The van der Waals surface area contributed by atoms with Crippen LogP contribution in [-0.4, -0.2) is 38.8 Å². The van der Waals surface area contributed by atoms with Crippen LogP contribution in [0.5, 0.6) is 23.0 Å². The summed E-state index contributed by atoms with van der Waals surface area (Å²) in [5, 5.41) is 10.6. The molecule has 0 atom stereocenters. The number of benzene rings is 2. The van der Waals surface area contributed by atoms with Crippen LogP contribution in [0.25, 0.3) is 22.2 Å². The highest BCUT2D eigenvalue weighted by atomic mass is 16.5. The molecule has 0 aliphatic carbocycles. The highest BCUT2D eigenvalue weighted by Crippen LogP contribution is 2.32. The molecule has 186 valence electrons. The third-order valence-corrected chi connectivity index (χ3v) is 5.74. The molecule has 0 aliphatic rings. The number of fused-ring (bicyclic) bond motifs is 1. The van der Waals surface area contributed by atoms with Gasteiger partial charge in [-0.25, -0.2) is 4.79 Å². The van der Waals surface area contributed by atoms with E-state index >= 15 is 0 Å². The molecule has 0 bridgehead atoms. The first-order valence-corrected chi connectivity index (χ1v) is 11.9. The first-order chi connectivity index (χ1) is 18.1. The first-order valence-electron chi connectivity index (χ1n) is 11.9. The van der Waals surface area contributed by atoms with E-state index in [-0.39, 0.29) is 5.56 Å². The van der Waals surface area contributed by atoms with Gasteiger partial charge in [0.1, 0.15) is 35.2 Å². The van der Waals surface area contributed by atoms with E-state index in [1.807, 2.05) is 84.4 Å². The highest BCUT2D eigenvalue weighted by Gasteiger charge is 2.18. The van der Waals surface area contributed by atoms with E-state index in [0.717, 1.165) is 16.7 Å². The summed E-state index contributed by atoms with van der Waals surface area (Å²) in [5.74, 6) is 1.72. The van der Waals surface area contributed by atoms with E-state index in [4.69, 9.17) is 14.2 Å². The number of pyridine rings is 2. The average Bonchev–Trinajstić information content (AvgIpc) is 3.34. The molecule has 0 fully saturated rings. The van der Waals surface area contributed by atoms with Gasteiger partial charge >= 0.3 is 5.97 Å². The van der Waals surface area contributed by atoms with Crippen molar-refractivity contribution < 1.29 is 24.1 Å². The minimum absolute atomic E-state index is 0.140. The highest BCUT2D eigenvalue weighted by molar-refractivity contribution is 6.06. The maximum Gasteiger partial charge on any atom is 0.339 e. The van der Waals surface area contributed by atoms with Gasteiger partial charge in [0.2, 0.25) is 0 Å². The van der Waals surface area contributed by atoms with Gasteiger partial charge in [-0.1, -0.05) is 12.1 Å². The Hall–Kier alpha value is -4.85. The van der Waals surface area contributed by atoms with E-state index in [9.17, 15) is 9.90 Å². The Balaban J connectivity index is 1.33. The minimum Gasteiger partial charge on any atom is -0.494 e. The number of aromatic nitrogens is 3. The molecule has 0 amide bonds. The third kappa shape index (κ3) is 5.38. The molecule has 1 N–H and O–H groups in total. The molecule has 3 aromatic heterocycles. The Morgan fingerprint density at radius 3 is 2.49 bits per heavy atom. The van der Waals surface area contributed by atoms with Crippen molar-refractivity contribution in [1.29, 1.82) is 0 Å². The second kappa shape index (κ2) is 10.8. The summed E-state index contributed by atoms with van der Waals surface area (Å²) < 4.78 is 19.2. The van der Waals surface area contributed by atoms with Crippen molar-refractivity contribution in [2.45, 2.75) is 13.5 Å². The largest absolute Gasteiger partial charge is 0.494 e. The maximum atomic E-state index is 12.0. The Morgan fingerprint density at radius 2 is 1.73 bits per heavy atom. The van der Waals surface area contributed by atoms with Crippen molar-refractivity contribution in [3.05, 3.63) is 97.1 Å². The van der Waals surface area contributed by atoms with E-state index in [2.05, 4.69) is 9.97 Å². The number of carboxylic acid groups (broad SMARTS) is 1. The Bertz CT molecular complexity index is 1510. The fourth-order valence-corrected chi connectivity index (χ4v) is 4.11. The number of carbonyl (C=O) groups is 1. The lowest BCUT2D eigenvalue weighted by Gasteiger charge is -2.12. The van der Waals surface area contributed by atoms with Crippen molar-refractivity contribution in [2.75, 3.05) is 13.2 Å². The molecule has 0 radical (unpaired) electrons. The summed E-state index contributed by atoms with van der Waals surface area (Å²) in [6.45, 7) is 3.29. The van der Waals surface area contributed by atoms with Gasteiger partial charge < -0.3 is 23.9 Å². The lowest BCUT2D eigenvalue weighted by Crippen LogP contribution is -2.10. The molecule has 0 unspecified atom stereocenters. The van der Waals surface area contributed by atoms with Crippen molar-refractivity contribution in [1.82, 2.24) is 14.5 Å². The lowest BCUT2D eigenvalue weighted by molar-refractivity contribution is 0.0698. The smallest absolute Gasteiger partial charge is 0.339 e. The molecule has 5 rings (SSSR count). The Morgan fingerprint density at radius 1 is 0.919 bits per heavy atom. The van der Waals surface area contributed by atoms with Gasteiger partial charge in [0, 0.05) is 29.5 Å². The maximum absolute atomic E-state index is 12.0. The molecule has 0 saturated carbocycles. The van der Waals surface area contributed by atoms with Crippen LogP contribution in [0, 0.1) is 0 Å². The van der Waals surface area contributed by atoms with Crippen molar-refractivity contribution in [3.63, 3.8) is 0 Å². The van der Waals surface area contributed by atoms with Crippen LogP contribution >= 0.6 is 0 Å². The first kappa shape index (κ1) is 23.9. The molecule has 8 nitrogen and oxygen atoms in total. The Kier molecular flexibility index (Phi) is 6.98. The van der Waals surface area contributed by atoms with Crippen LogP contribution in [0.1, 0.15) is 17.3 Å². The average molecular weight is 496 g/mol. The predicted octanol–water partition coefficient (Wildman–Crippen LogP) is 6.07. The lowest BCUT2D eigenvalue weighted by atomic mass is 10.1. The van der Waals surface area contributed by atoms with E-state index in [0.29, 0.717) is 48.2 Å². The molecule has 5 aromatic rings. The number of hydrogen-bond acceptors (Lipinski definition) is 6. The van der Waals surface area contributed by atoms with Crippen LogP contribution in [0.15, 0.2) is 91.5 Å². The van der Waals surface area contributed by atoms with Crippen molar-refractivity contribution in [3.8, 4) is 34.3 Å². The third-order valence-electron chi connectivity index (χ3n) is 5.74. The molecular weight excluding hydrogens is 470 g/mol. The van der Waals surface area contributed by atoms with Crippen LogP contribution in [0.4, 0.5) is 0 Å². The zero-order valence-electron chi connectivity index (χ0n) is 20.2. The van der Waals surface area contributed by atoms with Gasteiger partial charge in [-0.05, 0) is 61.5 Å². The second-order valence-corrected chi connectivity index (χ2v) is 8.17. The van der Waals surface area contributed by atoms with Crippen molar-refractivity contribution in [2.24, 2.45) is 0 Å². The fraction of sp³-hybridized carbons (Fsp3) is 0.138. The monoisotopic (exact) mass is 495 g/mol. The van der Waals surface area contributed by atoms with Gasteiger partial charge in [-0.2, -0.15) is 0 Å². The number of carboxylic acids is 1. The van der Waals surface area contributed by atoms with Crippen LogP contribution in [0.3, 0.4) is 0 Å². The molecule has 0 saturated heterocycles. The van der Waals surface area contributed by atoms with Gasteiger partial charge in [-0.3, -0.25) is 9.97 Å². The van der Waals surface area contributed by atoms with Crippen LogP contribution in [-0.2, 0) is 6.54 Å². The summed E-state index contributed by atoms with van der Waals surface area (Å²) >= 11 is 0. The van der Waals surface area contributed by atoms with Crippen molar-refractivity contribution >= 4 is 16.9 Å². The normalized spacial score (nSPS) is 10.8. The number of hydrogen-bond donors (Lipinski definition) is 1. The summed E-state index contributed by atoms with van der Waals surface area (Å²) in [6.07, 6.45) is 6.61. The summed E-state index contributed by atoms with van der Waals surface area (Å²) in [7, 11) is 0. The van der Waals surface area contributed by atoms with E-state index in [1.165, 1.54) is 6.20 Å². The van der Waals surface area contributed by atoms with Gasteiger partial charge in [0.25, 0.3) is 0 Å². The SMILES string of the molecule is CCOc1cccc(-c2ncc(C(=O)O)c3c2ccn3CCOc2ccc(Oc3cccnc3)cc2)c1. The number of rotatable bonds is 10. The second-order valence-electron chi connectivity index (χ2n) is 8.17. The molecule has 0 aliphatic heterocycles. The number of nitrogens with zero attached hydrogens (tertiary/aromatic N) is 3. The topological polar surface area (TPSA) is 95.7 Å². The summed E-state index contributed by atoms with van der Waals surface area (Å²) in [5.41, 5.74) is 2.30. The minimum atomic E-state index is -1.03.